The van der Waals surface area contributed by atoms with Crippen molar-refractivity contribution in [1.82, 2.24) is 4.90 Å². The van der Waals surface area contributed by atoms with Gasteiger partial charge in [0.1, 0.15) is 0 Å². The van der Waals surface area contributed by atoms with Gasteiger partial charge in [0.2, 0.25) is 0 Å². The highest BCUT2D eigenvalue weighted by Crippen LogP contribution is 2.11. The normalized spacial score (nSPS) is 13.9. The van der Waals surface area contributed by atoms with Crippen molar-refractivity contribution in [2.45, 2.75) is 19.4 Å². The van der Waals surface area contributed by atoms with Crippen LogP contribution in [0.5, 0.6) is 0 Å². The van der Waals surface area contributed by atoms with Crippen LogP contribution in [0.1, 0.15) is 13.3 Å². The fourth-order valence-corrected chi connectivity index (χ4v) is 1.56. The van der Waals surface area contributed by atoms with Gasteiger partial charge < -0.3 is 10.8 Å². The monoisotopic (exact) mass is 288 g/mol. The number of hydrogen-bond acceptors (Lipinski definition) is 3. The van der Waals surface area contributed by atoms with Gasteiger partial charge in [0, 0.05) is 17.9 Å². The zero-order chi connectivity index (χ0) is 16.3. The lowest BCUT2D eigenvalue weighted by Gasteiger charge is -2.17. The number of aliphatic hydroxyl groups is 1. The third-order valence-electron chi connectivity index (χ3n) is 2.66. The Labute approximate surface area is 126 Å². The Kier molecular flexibility index (Phi) is 9.50. The van der Waals surface area contributed by atoms with Crippen LogP contribution in [0.25, 0.3) is 0 Å². The second-order valence-corrected chi connectivity index (χ2v) is 4.28. The van der Waals surface area contributed by atoms with E-state index in [1.54, 1.807) is 36.6 Å². The zero-order valence-electron chi connectivity index (χ0n) is 12.5. The van der Waals surface area contributed by atoms with Crippen LogP contribution in [-0.2, 0) is 4.79 Å². The topological polar surface area (TPSA) is 66.6 Å². The first-order valence-electron chi connectivity index (χ1n) is 6.64. The lowest BCUT2D eigenvalue weighted by Crippen LogP contribution is -2.24. The van der Waals surface area contributed by atoms with E-state index in [1.807, 2.05) is 6.92 Å². The fraction of sp³-hybridized carbons (Fsp3) is 0.235. The van der Waals surface area contributed by atoms with Crippen molar-refractivity contribution in [3.63, 3.8) is 0 Å². The van der Waals surface area contributed by atoms with E-state index < -0.39 is 0 Å². The summed E-state index contributed by atoms with van der Waals surface area (Å²) in [6.07, 6.45) is 11.9. The summed E-state index contributed by atoms with van der Waals surface area (Å²) < 4.78 is 0. The Morgan fingerprint density at radius 2 is 1.90 bits per heavy atom. The standard InChI is InChI=1S/C17H24N2O2/c1-5-11-19(17(21)8-4)16(7-3)10-9-14(6-2)12-15(18)13-20/h5-11,15,20H,2-4,12-13,18H2,1H3/b11-5-,14-9+,16-10+. The number of rotatable bonds is 9. The number of allylic oxidation sites excluding steroid dienone is 5. The molecule has 0 rings (SSSR count). The molecule has 114 valence electrons. The Morgan fingerprint density at radius 1 is 1.24 bits per heavy atom. The number of hydrogen-bond donors (Lipinski definition) is 2. The van der Waals surface area contributed by atoms with Gasteiger partial charge in [0.05, 0.1) is 6.61 Å². The van der Waals surface area contributed by atoms with Gasteiger partial charge >= 0.3 is 0 Å². The molecule has 0 saturated carbocycles. The predicted octanol–water partition coefficient (Wildman–Crippen LogP) is 2.43. The van der Waals surface area contributed by atoms with Gasteiger partial charge in [0.25, 0.3) is 5.91 Å². The lowest BCUT2D eigenvalue weighted by atomic mass is 10.1. The molecule has 21 heavy (non-hydrogen) atoms. The molecule has 0 aliphatic carbocycles. The van der Waals surface area contributed by atoms with Gasteiger partial charge in [-0.2, -0.15) is 0 Å². The Balaban J connectivity index is 5.38. The van der Waals surface area contributed by atoms with Crippen molar-refractivity contribution in [3.05, 3.63) is 73.7 Å². The molecule has 1 atom stereocenters. The van der Waals surface area contributed by atoms with Crippen molar-refractivity contribution in [1.29, 1.82) is 0 Å². The van der Waals surface area contributed by atoms with Gasteiger partial charge in [-0.15, -0.1) is 0 Å². The first kappa shape index (κ1) is 18.8. The predicted molar refractivity (Wildman–Crippen MR) is 88.1 cm³/mol. The van der Waals surface area contributed by atoms with E-state index in [0.717, 1.165) is 5.57 Å². The number of amides is 1. The average Bonchev–Trinajstić information content (AvgIpc) is 2.51. The maximum absolute atomic E-state index is 11.8. The molecule has 0 radical (unpaired) electrons. The number of carbonyl (C=O) groups is 1. The number of nitrogens with zero attached hydrogens (tertiary/aromatic N) is 1. The summed E-state index contributed by atoms with van der Waals surface area (Å²) in [5.74, 6) is -0.250. The van der Waals surface area contributed by atoms with Crippen molar-refractivity contribution in [2.24, 2.45) is 5.73 Å². The van der Waals surface area contributed by atoms with E-state index in [9.17, 15) is 4.79 Å². The summed E-state index contributed by atoms with van der Waals surface area (Å²) in [5.41, 5.74) is 7.17. The molecule has 4 nitrogen and oxygen atoms in total. The average molecular weight is 288 g/mol. The molecule has 3 N–H and O–H groups in total. The Morgan fingerprint density at radius 3 is 2.33 bits per heavy atom. The van der Waals surface area contributed by atoms with Crippen LogP contribution in [0.4, 0.5) is 0 Å². The maximum Gasteiger partial charge on any atom is 0.254 e. The van der Waals surface area contributed by atoms with Crippen LogP contribution in [0.3, 0.4) is 0 Å². The molecule has 0 aromatic carbocycles. The molecule has 0 spiro atoms. The molecule has 0 aromatic rings. The third-order valence-corrected chi connectivity index (χ3v) is 2.66. The molecule has 0 aromatic heterocycles. The smallest absolute Gasteiger partial charge is 0.254 e. The molecule has 0 aliphatic heterocycles. The molecule has 1 unspecified atom stereocenters. The van der Waals surface area contributed by atoms with Crippen molar-refractivity contribution in [2.75, 3.05) is 6.61 Å². The van der Waals surface area contributed by atoms with Gasteiger partial charge in [-0.3, -0.25) is 9.69 Å². The largest absolute Gasteiger partial charge is 0.395 e. The maximum atomic E-state index is 11.8. The first-order chi connectivity index (χ1) is 10.0. The Hall–Kier alpha value is -2.17. The SMILES string of the molecule is C=CC(=O)N(/C=C\C)/C(C=C)=C/C=C(\C=C)CC(N)CO. The van der Waals surface area contributed by atoms with Gasteiger partial charge in [-0.05, 0) is 37.1 Å². The molecular weight excluding hydrogens is 264 g/mol. The van der Waals surface area contributed by atoms with E-state index in [1.165, 1.54) is 11.0 Å². The zero-order valence-corrected chi connectivity index (χ0v) is 12.5. The first-order valence-corrected chi connectivity index (χ1v) is 6.64. The highest BCUT2D eigenvalue weighted by molar-refractivity contribution is 5.89. The second kappa shape index (κ2) is 10.6. The summed E-state index contributed by atoms with van der Waals surface area (Å²) in [6, 6.07) is -0.337. The minimum Gasteiger partial charge on any atom is -0.395 e. The summed E-state index contributed by atoms with van der Waals surface area (Å²) in [7, 11) is 0. The molecule has 0 aliphatic rings. The number of carbonyl (C=O) groups excluding carboxylic acids is 1. The summed E-state index contributed by atoms with van der Waals surface area (Å²) in [4.78, 5) is 13.2. The van der Waals surface area contributed by atoms with Crippen molar-refractivity contribution < 1.29 is 9.90 Å². The summed E-state index contributed by atoms with van der Waals surface area (Å²) in [5, 5.41) is 8.97. The van der Waals surface area contributed by atoms with Gasteiger partial charge in [0.15, 0.2) is 0 Å². The minimum absolute atomic E-state index is 0.0944. The summed E-state index contributed by atoms with van der Waals surface area (Å²) in [6.45, 7) is 12.6. The minimum atomic E-state index is -0.337. The van der Waals surface area contributed by atoms with E-state index in [4.69, 9.17) is 10.8 Å². The van der Waals surface area contributed by atoms with Crippen LogP contribution in [0, 0.1) is 0 Å². The Bertz CT molecular complexity index is 473. The molecule has 4 heteroatoms. The van der Waals surface area contributed by atoms with Gasteiger partial charge in [-0.1, -0.05) is 38.0 Å². The molecule has 0 saturated heterocycles. The van der Waals surface area contributed by atoms with E-state index in [0.29, 0.717) is 12.1 Å². The quantitative estimate of drug-likeness (QED) is 0.506. The highest BCUT2D eigenvalue weighted by atomic mass is 16.3. The molecular formula is C17H24N2O2. The van der Waals surface area contributed by atoms with Crippen LogP contribution >= 0.6 is 0 Å². The van der Waals surface area contributed by atoms with E-state index in [2.05, 4.69) is 19.7 Å². The third kappa shape index (κ3) is 6.70. The van der Waals surface area contributed by atoms with Gasteiger partial charge in [-0.25, -0.2) is 0 Å². The number of nitrogens with two attached hydrogens (primary N) is 1. The van der Waals surface area contributed by atoms with E-state index in [-0.39, 0.29) is 18.6 Å². The lowest BCUT2D eigenvalue weighted by molar-refractivity contribution is -0.121. The van der Waals surface area contributed by atoms with Crippen LogP contribution in [0.15, 0.2) is 73.7 Å². The highest BCUT2D eigenvalue weighted by Gasteiger charge is 2.09. The molecule has 0 heterocycles. The molecule has 0 fully saturated rings. The fourth-order valence-electron chi connectivity index (χ4n) is 1.56. The van der Waals surface area contributed by atoms with Crippen LogP contribution in [-0.4, -0.2) is 28.6 Å². The summed E-state index contributed by atoms with van der Waals surface area (Å²) >= 11 is 0. The number of aliphatic hydroxyl groups excluding tert-OH is 1. The van der Waals surface area contributed by atoms with Crippen LogP contribution < -0.4 is 5.73 Å². The second-order valence-electron chi connectivity index (χ2n) is 4.28. The van der Waals surface area contributed by atoms with Crippen LogP contribution in [0.2, 0.25) is 0 Å². The molecule has 0 bridgehead atoms. The van der Waals surface area contributed by atoms with Crippen molar-refractivity contribution in [3.8, 4) is 0 Å². The van der Waals surface area contributed by atoms with E-state index >= 15 is 0 Å². The van der Waals surface area contributed by atoms with Crippen molar-refractivity contribution >= 4 is 5.91 Å². The molecule has 1 amide bonds.